The largest absolute Gasteiger partial charge is 0.393 e. The molecule has 1 amide bonds. The van der Waals surface area contributed by atoms with Gasteiger partial charge in [-0.15, -0.1) is 0 Å². The van der Waals surface area contributed by atoms with Crippen molar-refractivity contribution in [3.63, 3.8) is 0 Å². The highest BCUT2D eigenvalue weighted by Crippen LogP contribution is 2.12. The molecule has 17 heavy (non-hydrogen) atoms. The van der Waals surface area contributed by atoms with E-state index in [1.54, 1.807) is 17.1 Å². The second kappa shape index (κ2) is 5.77. The molecule has 1 aromatic heterocycles. The summed E-state index contributed by atoms with van der Waals surface area (Å²) < 4.78 is 1.78. The third kappa shape index (κ3) is 3.52. The van der Waals surface area contributed by atoms with E-state index >= 15 is 0 Å². The third-order valence-electron chi connectivity index (χ3n) is 2.47. The van der Waals surface area contributed by atoms with Gasteiger partial charge in [-0.25, -0.2) is 0 Å². The predicted molar refractivity (Wildman–Crippen MR) is 71.8 cm³/mol. The van der Waals surface area contributed by atoms with Crippen LogP contribution >= 0.6 is 12.2 Å². The number of nitrogens with two attached hydrogens (primary N) is 1. The Labute approximate surface area is 106 Å². The van der Waals surface area contributed by atoms with Crippen LogP contribution in [-0.4, -0.2) is 20.7 Å². The Morgan fingerprint density at radius 2 is 2.29 bits per heavy atom. The zero-order valence-electron chi connectivity index (χ0n) is 10.3. The number of thiocarbonyl (C=S) groups is 1. The quantitative estimate of drug-likeness (QED) is 0.785. The number of amides is 1. The van der Waals surface area contributed by atoms with Crippen LogP contribution in [0.1, 0.15) is 33.2 Å². The summed E-state index contributed by atoms with van der Waals surface area (Å²) in [5.74, 6) is -0.601. The van der Waals surface area contributed by atoms with Crippen LogP contribution in [0.15, 0.2) is 12.4 Å². The maximum absolute atomic E-state index is 11.8. The molecule has 0 aliphatic rings. The summed E-state index contributed by atoms with van der Waals surface area (Å²) >= 11 is 4.85. The molecule has 94 valence electrons. The molecule has 0 fully saturated rings. The monoisotopic (exact) mass is 254 g/mol. The smallest absolute Gasteiger partial charge is 0.234 e. The molecule has 1 atom stereocenters. The number of rotatable bonds is 5. The summed E-state index contributed by atoms with van der Waals surface area (Å²) in [6.07, 6.45) is 4.00. The van der Waals surface area contributed by atoms with Crippen LogP contribution in [0.4, 0.5) is 5.69 Å². The van der Waals surface area contributed by atoms with Crippen molar-refractivity contribution in [1.82, 2.24) is 9.78 Å². The van der Waals surface area contributed by atoms with Gasteiger partial charge in [0, 0.05) is 12.2 Å². The van der Waals surface area contributed by atoms with Crippen molar-refractivity contribution in [2.45, 2.75) is 33.2 Å². The minimum atomic E-state index is -0.424. The van der Waals surface area contributed by atoms with Gasteiger partial charge in [-0.2, -0.15) is 5.10 Å². The fraction of sp³-hybridized carbons (Fsp3) is 0.545. The number of nitrogens with zero attached hydrogens (tertiary/aromatic N) is 2. The lowest BCUT2D eigenvalue weighted by Crippen LogP contribution is -2.32. The van der Waals surface area contributed by atoms with Crippen LogP contribution in [0.25, 0.3) is 0 Å². The molecule has 0 spiro atoms. The summed E-state index contributed by atoms with van der Waals surface area (Å²) in [5, 5.41) is 6.90. The standard InChI is InChI=1S/C11H18N4OS/c1-4-9(10(12)17)11(16)14-8-5-13-15(6-8)7(2)3/h5-7,9H,4H2,1-3H3,(H2,12,17)(H,14,16). The van der Waals surface area contributed by atoms with Crippen molar-refractivity contribution in [1.29, 1.82) is 0 Å². The first-order chi connectivity index (χ1) is 7.95. The molecule has 0 aromatic carbocycles. The van der Waals surface area contributed by atoms with Gasteiger partial charge >= 0.3 is 0 Å². The van der Waals surface area contributed by atoms with Crippen LogP contribution in [0.3, 0.4) is 0 Å². The molecule has 3 N–H and O–H groups in total. The average molecular weight is 254 g/mol. The SMILES string of the molecule is CCC(C(=O)Nc1cnn(C(C)C)c1)C(N)=S. The van der Waals surface area contributed by atoms with Crippen LogP contribution in [0.2, 0.25) is 0 Å². The molecule has 5 nitrogen and oxygen atoms in total. The molecular formula is C11H18N4OS. The minimum Gasteiger partial charge on any atom is -0.393 e. The number of carbonyl (C=O) groups excluding carboxylic acids is 1. The van der Waals surface area contributed by atoms with Gasteiger partial charge in [0.2, 0.25) is 5.91 Å². The van der Waals surface area contributed by atoms with E-state index in [9.17, 15) is 4.79 Å². The van der Waals surface area contributed by atoms with E-state index in [4.69, 9.17) is 18.0 Å². The molecule has 0 aliphatic carbocycles. The van der Waals surface area contributed by atoms with Gasteiger partial charge in [-0.3, -0.25) is 9.48 Å². The van der Waals surface area contributed by atoms with Crippen molar-refractivity contribution in [2.75, 3.05) is 5.32 Å². The van der Waals surface area contributed by atoms with Crippen molar-refractivity contribution in [3.05, 3.63) is 12.4 Å². The number of carbonyl (C=O) groups is 1. The van der Waals surface area contributed by atoms with Gasteiger partial charge in [0.25, 0.3) is 0 Å². The lowest BCUT2D eigenvalue weighted by molar-refractivity contribution is -0.118. The molecule has 0 aliphatic heterocycles. The number of aromatic nitrogens is 2. The van der Waals surface area contributed by atoms with Crippen molar-refractivity contribution >= 4 is 28.8 Å². The van der Waals surface area contributed by atoms with Gasteiger partial charge in [-0.05, 0) is 20.3 Å². The first kappa shape index (κ1) is 13.6. The Morgan fingerprint density at radius 1 is 1.65 bits per heavy atom. The second-order valence-electron chi connectivity index (χ2n) is 4.16. The molecule has 0 saturated heterocycles. The minimum absolute atomic E-state index is 0.177. The maximum atomic E-state index is 11.8. The van der Waals surface area contributed by atoms with Crippen molar-refractivity contribution in [3.8, 4) is 0 Å². The zero-order chi connectivity index (χ0) is 13.0. The molecule has 0 radical (unpaired) electrons. The van der Waals surface area contributed by atoms with E-state index < -0.39 is 5.92 Å². The summed E-state index contributed by atoms with van der Waals surface area (Å²) in [4.78, 5) is 12.1. The number of hydrogen-bond acceptors (Lipinski definition) is 3. The topological polar surface area (TPSA) is 72.9 Å². The molecule has 1 unspecified atom stereocenters. The van der Waals surface area contributed by atoms with Gasteiger partial charge < -0.3 is 11.1 Å². The van der Waals surface area contributed by atoms with Crippen LogP contribution in [0.5, 0.6) is 0 Å². The van der Waals surface area contributed by atoms with Crippen LogP contribution in [-0.2, 0) is 4.79 Å². The van der Waals surface area contributed by atoms with Crippen LogP contribution < -0.4 is 11.1 Å². The molecule has 6 heteroatoms. The van der Waals surface area contributed by atoms with Gasteiger partial charge in [-0.1, -0.05) is 19.1 Å². The van der Waals surface area contributed by atoms with Crippen molar-refractivity contribution < 1.29 is 4.79 Å². The van der Waals surface area contributed by atoms with E-state index in [2.05, 4.69) is 10.4 Å². The zero-order valence-corrected chi connectivity index (χ0v) is 11.1. The third-order valence-corrected chi connectivity index (χ3v) is 2.75. The van der Waals surface area contributed by atoms with E-state index in [0.29, 0.717) is 12.1 Å². The Balaban J connectivity index is 2.70. The number of anilines is 1. The summed E-state index contributed by atoms with van der Waals surface area (Å²) in [6.45, 7) is 5.91. The Kier molecular flexibility index (Phi) is 4.62. The lowest BCUT2D eigenvalue weighted by Gasteiger charge is -2.12. The molecule has 1 heterocycles. The Bertz CT molecular complexity index is 413. The van der Waals surface area contributed by atoms with E-state index in [-0.39, 0.29) is 16.9 Å². The Hall–Kier alpha value is -1.43. The fourth-order valence-corrected chi connectivity index (χ4v) is 1.70. The Morgan fingerprint density at radius 3 is 2.71 bits per heavy atom. The van der Waals surface area contributed by atoms with E-state index in [1.165, 1.54) is 0 Å². The van der Waals surface area contributed by atoms with E-state index in [0.717, 1.165) is 0 Å². The van der Waals surface area contributed by atoms with Crippen LogP contribution in [0, 0.1) is 5.92 Å². The van der Waals surface area contributed by atoms with Gasteiger partial charge in [0.15, 0.2) is 0 Å². The number of nitrogens with one attached hydrogen (secondary N) is 1. The maximum Gasteiger partial charge on any atom is 0.234 e. The van der Waals surface area contributed by atoms with E-state index in [1.807, 2.05) is 20.8 Å². The molecular weight excluding hydrogens is 236 g/mol. The van der Waals surface area contributed by atoms with Gasteiger partial charge in [0.1, 0.15) is 0 Å². The predicted octanol–water partition coefficient (Wildman–Crippen LogP) is 1.71. The highest BCUT2D eigenvalue weighted by Gasteiger charge is 2.19. The second-order valence-corrected chi connectivity index (χ2v) is 4.63. The van der Waals surface area contributed by atoms with Crippen molar-refractivity contribution in [2.24, 2.45) is 11.7 Å². The fourth-order valence-electron chi connectivity index (χ4n) is 1.43. The average Bonchev–Trinajstić information content (AvgIpc) is 2.66. The first-order valence-corrected chi connectivity index (χ1v) is 6.00. The summed E-state index contributed by atoms with van der Waals surface area (Å²) in [6, 6.07) is 0.262. The number of hydrogen-bond donors (Lipinski definition) is 2. The molecule has 1 aromatic rings. The molecule has 0 saturated carbocycles. The first-order valence-electron chi connectivity index (χ1n) is 5.60. The molecule has 1 rings (SSSR count). The summed E-state index contributed by atoms with van der Waals surface area (Å²) in [5.41, 5.74) is 6.17. The highest BCUT2D eigenvalue weighted by atomic mass is 32.1. The molecule has 0 bridgehead atoms. The highest BCUT2D eigenvalue weighted by molar-refractivity contribution is 7.80. The normalized spacial score (nSPS) is 12.5. The lowest BCUT2D eigenvalue weighted by atomic mass is 10.1. The van der Waals surface area contributed by atoms with Gasteiger partial charge in [0.05, 0.1) is 22.8 Å². The summed E-state index contributed by atoms with van der Waals surface area (Å²) in [7, 11) is 0.